The number of amides is 2. The lowest BCUT2D eigenvalue weighted by Gasteiger charge is -2.53. The summed E-state index contributed by atoms with van der Waals surface area (Å²) in [6, 6.07) is -4.08. The van der Waals surface area contributed by atoms with Gasteiger partial charge in [0, 0.05) is 13.8 Å². The summed E-state index contributed by atoms with van der Waals surface area (Å²) in [5.74, 6) is -2.02. The zero-order chi connectivity index (χ0) is 76.2. The Balaban J connectivity index is 1.17. The highest BCUT2D eigenvalue weighted by Crippen LogP contribution is 2.41. The average molecular weight is 1510 g/mol. The fourth-order valence-electron chi connectivity index (χ4n) is 13.2. The molecule has 0 bridgehead atoms. The van der Waals surface area contributed by atoms with Crippen molar-refractivity contribution in [2.75, 3.05) is 46.2 Å². The Hall–Kier alpha value is -2.70. The Labute approximate surface area is 585 Å². The molecule has 8 rings (SSSR count). The van der Waals surface area contributed by atoms with E-state index in [2.05, 4.69) is 10.6 Å². The average Bonchev–Trinajstić information content (AvgIpc) is 0.759. The van der Waals surface area contributed by atoms with Gasteiger partial charge in [0.2, 0.25) is 11.8 Å². The highest BCUT2D eigenvalue weighted by molar-refractivity contribution is 5.73. The normalized spacial score (nSPS) is 49.1. The van der Waals surface area contributed by atoms with E-state index in [4.69, 9.17) is 75.8 Å². The molecule has 45 heteroatoms. The molecule has 0 aromatic heterocycles. The summed E-state index contributed by atoms with van der Waals surface area (Å²) in [6.07, 6.45) is -86.0. The number of hydrogen-bond donors (Lipinski definition) is 27. The highest BCUT2D eigenvalue weighted by atomic mass is 16.8. The predicted molar refractivity (Wildman–Crippen MR) is 318 cm³/mol. The zero-order valence-corrected chi connectivity index (χ0v) is 55.9. The van der Waals surface area contributed by atoms with Crippen molar-refractivity contribution in [2.24, 2.45) is 0 Å². The van der Waals surface area contributed by atoms with Crippen LogP contribution in [0.25, 0.3) is 0 Å². The van der Waals surface area contributed by atoms with Crippen LogP contribution in [0.3, 0.4) is 0 Å². The molecule has 600 valence electrons. The third-order valence-corrected chi connectivity index (χ3v) is 19.1. The van der Waals surface area contributed by atoms with Gasteiger partial charge in [-0.25, -0.2) is 0 Å². The van der Waals surface area contributed by atoms with Crippen molar-refractivity contribution in [1.29, 1.82) is 0 Å². The van der Waals surface area contributed by atoms with Gasteiger partial charge in [-0.05, 0) is 20.8 Å². The second-order valence-electron chi connectivity index (χ2n) is 26.4. The van der Waals surface area contributed by atoms with E-state index < -0.39 is 328 Å². The van der Waals surface area contributed by atoms with Crippen LogP contribution < -0.4 is 10.6 Å². The van der Waals surface area contributed by atoms with Gasteiger partial charge >= 0.3 is 0 Å². The molecule has 8 fully saturated rings. The third-order valence-electron chi connectivity index (χ3n) is 19.1. The van der Waals surface area contributed by atoms with Gasteiger partial charge in [0.15, 0.2) is 50.3 Å². The van der Waals surface area contributed by atoms with Crippen LogP contribution in [-0.2, 0) is 85.4 Å². The van der Waals surface area contributed by atoms with Gasteiger partial charge in [0.1, 0.15) is 201 Å². The summed E-state index contributed by atoms with van der Waals surface area (Å²) < 4.78 is 96.1. The Kier molecular flexibility index (Phi) is 31.1. The van der Waals surface area contributed by atoms with E-state index in [1.54, 1.807) is 0 Å². The third kappa shape index (κ3) is 18.9. The summed E-state index contributed by atoms with van der Waals surface area (Å²) in [4.78, 5) is 27.0. The molecule has 44 atom stereocenters. The van der Waals surface area contributed by atoms with E-state index in [1.807, 2.05) is 0 Å². The van der Waals surface area contributed by atoms with Crippen molar-refractivity contribution in [1.82, 2.24) is 10.6 Å². The summed E-state index contributed by atoms with van der Waals surface area (Å²) in [5.41, 5.74) is 0. The van der Waals surface area contributed by atoms with E-state index in [0.29, 0.717) is 0 Å². The molecule has 45 nitrogen and oxygen atoms in total. The van der Waals surface area contributed by atoms with Crippen LogP contribution in [0.2, 0.25) is 0 Å². The van der Waals surface area contributed by atoms with Crippen molar-refractivity contribution in [3.05, 3.63) is 0 Å². The van der Waals surface area contributed by atoms with Crippen molar-refractivity contribution < 1.29 is 213 Å². The van der Waals surface area contributed by atoms with E-state index in [9.17, 15) is 137 Å². The van der Waals surface area contributed by atoms with Crippen molar-refractivity contribution >= 4 is 11.8 Å². The molecule has 0 radical (unpaired) electrons. The van der Waals surface area contributed by atoms with Gasteiger partial charge in [-0.15, -0.1) is 0 Å². The molecule has 103 heavy (non-hydrogen) atoms. The maximum absolute atomic E-state index is 13.6. The van der Waals surface area contributed by atoms with Crippen LogP contribution in [0.4, 0.5) is 0 Å². The standard InChI is InChI=1S/C58H100N2O43/c1-13-27(72)34(79)38(83)53(88-13)97-45-24(12-67)95-52(26(60-17(5)69)47(45)100-58-50(37(82)31(76)20(8-63)93-58)103-55-40(85)36(81)29(74)15(3)90-55)102-49-33(78)22(10-65)92-57(42(49)87)98-44-23(11-66)94-51(25(59-16(4)68)46(44)99-54-39(84)35(80)28(73)14(2)89-54)101-48-32(77)21(9-64)91-56(41(48)86)96-43(19(71)7-62)30(75)18(70)6-61/h13-15,18-58,61-67,70-87H,6-12H2,1-5H3,(H,59,68)(H,60,69)/t13-,14-,15-,18-,19+,20+,21+,22+,23+,24+,25+,26+,27+,28+,29+,30+,31-,32-,33-,34+,35+,36+,37-,38-,39-,40-,41+,42+,43+,44+,45+,46+,47+,48-,49-,50+,51-,52-,53-,54-,55-,56-,57-,58-/m0/s1. The second-order valence-corrected chi connectivity index (χ2v) is 26.4. The van der Waals surface area contributed by atoms with Gasteiger partial charge in [-0.3, -0.25) is 9.59 Å². The van der Waals surface area contributed by atoms with Crippen LogP contribution in [0, 0.1) is 0 Å². The zero-order valence-electron chi connectivity index (χ0n) is 55.9. The SMILES string of the molecule is CC(=O)N[C@H]1[C@H](O[C@H]2[C@@H](O)[C@@H](CO)O[C@@H](O[C@H]3[C@H](O[C@@H]4O[C@@H](C)[C@@H](O)[C@@H](O)[C@@H]4O)[C@@H](NC(C)=O)[C@H](O[C@H]4[C@@H](O)[C@@H](CO)O[C@@H](O[C@@H]([C@H](O)[C@@H](O)CO)[C@H](O)CO)[C@@H]4O)O[C@@H]3CO)[C@@H]2O)O[C@H](CO)[C@@H](O[C@@H]2O[C@@H](C)[C@@H](O)[C@@H](O)[C@@H]2O)[C@@H]1O[C@@H]1O[C@H](CO)[C@H](O)[C@H](O)[C@H]1O[C@@H]1O[C@@H](C)[C@@H](O)[C@@H](O)[C@@H]1O. The van der Waals surface area contributed by atoms with Crippen LogP contribution in [-0.4, -0.2) is 456 Å². The predicted octanol–water partition coefficient (Wildman–Crippen LogP) is -17.6. The monoisotopic (exact) mass is 1510 g/mol. The molecule has 8 aliphatic heterocycles. The van der Waals surface area contributed by atoms with E-state index in [0.717, 1.165) is 13.8 Å². The number of aliphatic hydroxyl groups excluding tert-OH is 25. The summed E-state index contributed by atoms with van der Waals surface area (Å²) in [5, 5.41) is 279. The summed E-state index contributed by atoms with van der Waals surface area (Å²) in [7, 11) is 0. The Morgan fingerprint density at radius 1 is 0.311 bits per heavy atom. The summed E-state index contributed by atoms with van der Waals surface area (Å²) in [6.45, 7) is -2.59. The van der Waals surface area contributed by atoms with Crippen LogP contribution >= 0.6 is 0 Å². The van der Waals surface area contributed by atoms with Crippen LogP contribution in [0.1, 0.15) is 34.6 Å². The molecular weight excluding hydrogens is 1410 g/mol. The number of carbonyl (C=O) groups excluding carboxylic acids is 2. The first-order valence-electron chi connectivity index (χ1n) is 33.1. The van der Waals surface area contributed by atoms with Crippen molar-refractivity contribution in [3.63, 3.8) is 0 Å². The highest BCUT2D eigenvalue weighted by Gasteiger charge is 2.61. The Morgan fingerprint density at radius 3 is 0.981 bits per heavy atom. The van der Waals surface area contributed by atoms with Gasteiger partial charge in [0.05, 0.1) is 64.6 Å². The first-order chi connectivity index (χ1) is 48.6. The number of aliphatic hydroxyl groups is 25. The molecule has 8 aliphatic rings. The first kappa shape index (κ1) is 85.9. The minimum atomic E-state index is -2.51. The van der Waals surface area contributed by atoms with Gasteiger partial charge in [-0.2, -0.15) is 0 Å². The van der Waals surface area contributed by atoms with Crippen LogP contribution in [0.5, 0.6) is 0 Å². The maximum Gasteiger partial charge on any atom is 0.217 e. The molecule has 27 N–H and O–H groups in total. The molecule has 8 heterocycles. The molecule has 0 aromatic rings. The number of ether oxygens (including phenoxy) is 16. The topological polar surface area (TPSA) is 712 Å². The second kappa shape index (κ2) is 37.3. The van der Waals surface area contributed by atoms with Gasteiger partial charge in [0.25, 0.3) is 0 Å². The molecular formula is C58H100N2O43. The minimum Gasteiger partial charge on any atom is -0.394 e. The van der Waals surface area contributed by atoms with Crippen molar-refractivity contribution in [3.8, 4) is 0 Å². The lowest BCUT2D eigenvalue weighted by atomic mass is 9.93. The molecule has 0 saturated carbocycles. The number of hydrogen-bond acceptors (Lipinski definition) is 43. The lowest BCUT2D eigenvalue weighted by molar-refractivity contribution is -0.403. The first-order valence-corrected chi connectivity index (χ1v) is 33.1. The van der Waals surface area contributed by atoms with E-state index >= 15 is 0 Å². The quantitative estimate of drug-likeness (QED) is 0.0346. The largest absolute Gasteiger partial charge is 0.394 e. The minimum absolute atomic E-state index is 0.919. The lowest BCUT2D eigenvalue weighted by Crippen LogP contribution is -2.72. The van der Waals surface area contributed by atoms with E-state index in [-0.39, 0.29) is 0 Å². The molecule has 0 unspecified atom stereocenters. The van der Waals surface area contributed by atoms with E-state index in [1.165, 1.54) is 20.8 Å². The van der Waals surface area contributed by atoms with Gasteiger partial charge < -0.3 is 214 Å². The van der Waals surface area contributed by atoms with Crippen LogP contribution in [0.15, 0.2) is 0 Å². The molecule has 0 aromatic carbocycles. The fourth-order valence-corrected chi connectivity index (χ4v) is 13.2. The molecule has 2 amide bonds. The Morgan fingerprint density at radius 2 is 0.612 bits per heavy atom. The Bertz CT molecular complexity index is 2610. The summed E-state index contributed by atoms with van der Waals surface area (Å²) >= 11 is 0. The number of nitrogens with one attached hydrogen (secondary N) is 2. The maximum atomic E-state index is 13.6. The number of rotatable bonds is 28. The number of carbonyl (C=O) groups is 2. The fraction of sp³-hybridized carbons (Fsp3) is 0.966. The van der Waals surface area contributed by atoms with Crippen molar-refractivity contribution in [2.45, 2.75) is 305 Å². The smallest absolute Gasteiger partial charge is 0.217 e. The molecule has 0 aliphatic carbocycles. The molecule has 8 saturated heterocycles. The molecule has 0 spiro atoms. The van der Waals surface area contributed by atoms with Gasteiger partial charge in [-0.1, -0.05) is 0 Å².